The van der Waals surface area contributed by atoms with Crippen molar-refractivity contribution >= 4 is 33.2 Å². The molecule has 7 nitrogen and oxygen atoms in total. The molecular weight excluding hydrogens is 400 g/mol. The Hall–Kier alpha value is -3.00. The number of amides is 1. The Morgan fingerprint density at radius 2 is 1.88 bits per heavy atom. The van der Waals surface area contributed by atoms with Crippen LogP contribution in [0.4, 0.5) is 11.4 Å². The second-order valence-corrected chi connectivity index (χ2v) is 6.90. The molecule has 130 valence electrons. The molecule has 1 aliphatic heterocycles. The lowest BCUT2D eigenvalue weighted by Crippen LogP contribution is -2.29. The van der Waals surface area contributed by atoms with Gasteiger partial charge in [0.1, 0.15) is 0 Å². The average molecular weight is 413 g/mol. The van der Waals surface area contributed by atoms with E-state index in [-0.39, 0.29) is 11.6 Å². The molecule has 8 heteroatoms. The van der Waals surface area contributed by atoms with Gasteiger partial charge >= 0.3 is 0 Å². The number of nitrogens with zero attached hydrogens (tertiary/aromatic N) is 3. The number of fused-ring (bicyclic) bond motifs is 1. The maximum absolute atomic E-state index is 13.0. The van der Waals surface area contributed by atoms with Crippen LogP contribution in [0.3, 0.4) is 0 Å². The zero-order chi connectivity index (χ0) is 18.4. The second-order valence-electron chi connectivity index (χ2n) is 5.98. The van der Waals surface area contributed by atoms with Crippen LogP contribution in [0.5, 0.6) is 0 Å². The summed E-state index contributed by atoms with van der Waals surface area (Å²) in [6, 6.07) is 13.1. The maximum Gasteiger partial charge on any atom is 0.280 e. The fourth-order valence-electron chi connectivity index (χ4n) is 3.34. The van der Waals surface area contributed by atoms with E-state index < -0.39 is 11.0 Å². The van der Waals surface area contributed by atoms with Crippen LogP contribution in [0.25, 0.3) is 0 Å². The van der Waals surface area contributed by atoms with Crippen LogP contribution in [0.15, 0.2) is 53.0 Å². The van der Waals surface area contributed by atoms with E-state index in [1.54, 1.807) is 35.2 Å². The molecular formula is C18H13BrN4O3. The molecule has 0 radical (unpaired) electrons. The average Bonchev–Trinajstić information content (AvgIpc) is 3.14. The van der Waals surface area contributed by atoms with E-state index in [9.17, 15) is 14.9 Å². The number of hydrogen-bond donors (Lipinski definition) is 1. The third kappa shape index (κ3) is 2.41. The summed E-state index contributed by atoms with van der Waals surface area (Å²) in [5, 5.41) is 18.5. The number of rotatable bonds is 3. The summed E-state index contributed by atoms with van der Waals surface area (Å²) in [5.41, 5.74) is 2.77. The van der Waals surface area contributed by atoms with Crippen molar-refractivity contribution in [1.82, 2.24) is 10.2 Å². The van der Waals surface area contributed by atoms with Crippen molar-refractivity contribution < 1.29 is 9.72 Å². The lowest BCUT2D eigenvalue weighted by molar-refractivity contribution is -0.385. The lowest BCUT2D eigenvalue weighted by Gasteiger charge is -2.26. The second kappa shape index (κ2) is 6.06. The topological polar surface area (TPSA) is 92.1 Å². The third-order valence-electron chi connectivity index (χ3n) is 4.48. The summed E-state index contributed by atoms with van der Waals surface area (Å²) in [4.78, 5) is 25.7. The molecule has 0 unspecified atom stereocenters. The van der Waals surface area contributed by atoms with Gasteiger partial charge in [-0.3, -0.25) is 24.9 Å². The standard InChI is InChI=1S/C18H13BrN4O3/c1-10-15-16(21-20-10)18(24)22(12-8-6-11(19)7-9-12)17(15)13-4-2-3-5-14(13)23(25)26/h2-9,17H,1H3,(H,20,21)/t17-/m1/s1. The van der Waals surface area contributed by atoms with E-state index in [4.69, 9.17) is 0 Å². The van der Waals surface area contributed by atoms with Crippen molar-refractivity contribution in [3.05, 3.63) is 85.6 Å². The zero-order valence-corrected chi connectivity index (χ0v) is 15.2. The number of nitro benzene ring substituents is 1. The van der Waals surface area contributed by atoms with Gasteiger partial charge in [0.2, 0.25) is 0 Å². The van der Waals surface area contributed by atoms with Gasteiger partial charge < -0.3 is 0 Å². The van der Waals surface area contributed by atoms with Gasteiger partial charge in [-0.15, -0.1) is 0 Å². The van der Waals surface area contributed by atoms with Gasteiger partial charge in [-0.25, -0.2) is 0 Å². The number of carbonyl (C=O) groups excluding carboxylic acids is 1. The lowest BCUT2D eigenvalue weighted by atomic mass is 9.97. The van der Waals surface area contributed by atoms with Gasteiger partial charge in [-0.1, -0.05) is 28.1 Å². The highest BCUT2D eigenvalue weighted by atomic mass is 79.9. The van der Waals surface area contributed by atoms with Crippen LogP contribution >= 0.6 is 15.9 Å². The number of hydrogen-bond acceptors (Lipinski definition) is 4. The fourth-order valence-corrected chi connectivity index (χ4v) is 3.61. The molecule has 0 saturated carbocycles. The number of H-pyrrole nitrogens is 1. The molecule has 2 heterocycles. The molecule has 0 saturated heterocycles. The highest BCUT2D eigenvalue weighted by Gasteiger charge is 2.44. The molecule has 0 bridgehead atoms. The van der Waals surface area contributed by atoms with Crippen LogP contribution in [0.2, 0.25) is 0 Å². The molecule has 26 heavy (non-hydrogen) atoms. The monoisotopic (exact) mass is 412 g/mol. The minimum absolute atomic E-state index is 0.0270. The Balaban J connectivity index is 1.96. The predicted octanol–water partition coefficient (Wildman–Crippen LogP) is 4.14. The number of aromatic amines is 1. The van der Waals surface area contributed by atoms with Crippen LogP contribution < -0.4 is 4.90 Å². The van der Waals surface area contributed by atoms with Gasteiger partial charge in [0.15, 0.2) is 5.69 Å². The first-order valence-electron chi connectivity index (χ1n) is 7.86. The largest absolute Gasteiger partial charge is 0.295 e. The van der Waals surface area contributed by atoms with Gasteiger partial charge in [0.05, 0.1) is 16.5 Å². The highest BCUT2D eigenvalue weighted by molar-refractivity contribution is 9.10. The van der Waals surface area contributed by atoms with Gasteiger partial charge in [0, 0.05) is 27.5 Å². The molecule has 1 aliphatic rings. The van der Waals surface area contributed by atoms with Crippen LogP contribution in [-0.4, -0.2) is 21.0 Å². The molecule has 2 aromatic carbocycles. The minimum Gasteiger partial charge on any atom is -0.295 e. The van der Waals surface area contributed by atoms with Crippen LogP contribution in [0, 0.1) is 17.0 Å². The summed E-state index contributed by atoms with van der Waals surface area (Å²) >= 11 is 3.38. The number of benzene rings is 2. The summed E-state index contributed by atoms with van der Waals surface area (Å²) < 4.78 is 0.879. The number of aromatic nitrogens is 2. The molecule has 0 fully saturated rings. The Morgan fingerprint density at radius 1 is 1.19 bits per heavy atom. The van der Waals surface area contributed by atoms with Crippen molar-refractivity contribution in [2.45, 2.75) is 13.0 Å². The number of anilines is 1. The van der Waals surface area contributed by atoms with E-state index in [2.05, 4.69) is 26.1 Å². The number of para-hydroxylation sites is 1. The Labute approximate surface area is 156 Å². The maximum atomic E-state index is 13.0. The molecule has 1 N–H and O–H groups in total. The van der Waals surface area contributed by atoms with Crippen LogP contribution in [0.1, 0.15) is 33.4 Å². The third-order valence-corrected chi connectivity index (χ3v) is 5.01. The number of nitrogens with one attached hydrogen (secondary N) is 1. The molecule has 3 aromatic rings. The van der Waals surface area contributed by atoms with Crippen LogP contribution in [-0.2, 0) is 0 Å². The van der Waals surface area contributed by atoms with Crippen molar-refractivity contribution in [3.63, 3.8) is 0 Å². The van der Waals surface area contributed by atoms with E-state index in [0.717, 1.165) is 10.2 Å². The van der Waals surface area contributed by atoms with Gasteiger partial charge in [-0.2, -0.15) is 5.10 Å². The first kappa shape index (κ1) is 16.5. The normalized spacial score (nSPS) is 16.0. The first-order valence-corrected chi connectivity index (χ1v) is 8.65. The fraction of sp³-hybridized carbons (Fsp3) is 0.111. The first-order chi connectivity index (χ1) is 12.5. The van der Waals surface area contributed by atoms with Crippen molar-refractivity contribution in [1.29, 1.82) is 0 Å². The van der Waals surface area contributed by atoms with E-state index in [1.165, 1.54) is 6.07 Å². The summed E-state index contributed by atoms with van der Waals surface area (Å²) in [7, 11) is 0. The zero-order valence-electron chi connectivity index (χ0n) is 13.6. The van der Waals surface area contributed by atoms with E-state index in [0.29, 0.717) is 22.5 Å². The van der Waals surface area contributed by atoms with Gasteiger partial charge in [0.25, 0.3) is 11.6 Å². The van der Waals surface area contributed by atoms with Gasteiger partial charge in [-0.05, 0) is 37.3 Å². The number of nitro groups is 1. The minimum atomic E-state index is -0.612. The van der Waals surface area contributed by atoms with E-state index in [1.807, 2.05) is 19.1 Å². The molecule has 1 atom stereocenters. The molecule has 1 aromatic heterocycles. The highest BCUT2D eigenvalue weighted by Crippen LogP contribution is 2.44. The summed E-state index contributed by atoms with van der Waals surface area (Å²) in [6.07, 6.45) is 0. The molecule has 1 amide bonds. The molecule has 0 aliphatic carbocycles. The predicted molar refractivity (Wildman–Crippen MR) is 99.2 cm³/mol. The quantitative estimate of drug-likeness (QED) is 0.516. The number of aryl methyl sites for hydroxylation is 1. The summed E-state index contributed by atoms with van der Waals surface area (Å²) in [5.74, 6) is -0.283. The van der Waals surface area contributed by atoms with E-state index >= 15 is 0 Å². The van der Waals surface area contributed by atoms with Crippen molar-refractivity contribution in [2.75, 3.05) is 4.90 Å². The number of carbonyl (C=O) groups is 1. The Kier molecular flexibility index (Phi) is 3.84. The molecule has 4 rings (SSSR count). The molecule has 0 spiro atoms. The SMILES string of the molecule is Cc1[nH]nc2c1[C@@H](c1ccccc1[N+](=O)[O-])N(c1ccc(Br)cc1)C2=O. The Bertz CT molecular complexity index is 1030. The number of halogens is 1. The smallest absolute Gasteiger partial charge is 0.280 e. The van der Waals surface area contributed by atoms with Crippen molar-refractivity contribution in [3.8, 4) is 0 Å². The Morgan fingerprint density at radius 3 is 2.58 bits per heavy atom. The summed E-state index contributed by atoms with van der Waals surface area (Å²) in [6.45, 7) is 1.81. The van der Waals surface area contributed by atoms with Crippen molar-refractivity contribution in [2.24, 2.45) is 0 Å².